The molecule has 1 aromatic heterocycles. The molecule has 7 heteroatoms. The van der Waals surface area contributed by atoms with E-state index in [1.54, 1.807) is 23.0 Å². The van der Waals surface area contributed by atoms with Crippen LogP contribution in [0.5, 0.6) is 0 Å². The van der Waals surface area contributed by atoms with Gasteiger partial charge in [0.05, 0.1) is 23.7 Å². The van der Waals surface area contributed by atoms with Gasteiger partial charge in [-0.1, -0.05) is 28.1 Å². The Labute approximate surface area is 145 Å². The van der Waals surface area contributed by atoms with Crippen molar-refractivity contribution in [3.05, 3.63) is 82.3 Å². The van der Waals surface area contributed by atoms with Gasteiger partial charge in [0.25, 0.3) is 5.91 Å². The Hall–Kier alpha value is -2.80. The molecule has 2 aromatic carbocycles. The zero-order valence-electron chi connectivity index (χ0n) is 12.4. The smallest absolute Gasteiger partial charge is 0.267 e. The summed E-state index contributed by atoms with van der Waals surface area (Å²) in [5, 5.41) is 8.01. The SMILES string of the molecule is O=C(N/N=C\c1ccc(F)cc1)c1cnn(-c2ccc(Br)cc2)c1. The van der Waals surface area contributed by atoms with Gasteiger partial charge in [-0.05, 0) is 42.0 Å². The number of hydrogen-bond acceptors (Lipinski definition) is 3. The highest BCUT2D eigenvalue weighted by molar-refractivity contribution is 9.10. The van der Waals surface area contributed by atoms with E-state index in [0.717, 1.165) is 10.2 Å². The third-order valence-electron chi connectivity index (χ3n) is 3.19. The minimum absolute atomic E-state index is 0.323. The fourth-order valence-corrected chi connectivity index (χ4v) is 2.22. The van der Waals surface area contributed by atoms with E-state index in [4.69, 9.17) is 0 Å². The van der Waals surface area contributed by atoms with Crippen molar-refractivity contribution in [2.75, 3.05) is 0 Å². The topological polar surface area (TPSA) is 59.3 Å². The molecule has 3 aromatic rings. The summed E-state index contributed by atoms with van der Waals surface area (Å²) in [6.45, 7) is 0. The van der Waals surface area contributed by atoms with E-state index in [0.29, 0.717) is 11.1 Å². The van der Waals surface area contributed by atoms with Gasteiger partial charge in [0, 0.05) is 10.7 Å². The molecule has 5 nitrogen and oxygen atoms in total. The predicted octanol–water partition coefficient (Wildman–Crippen LogP) is 3.54. The van der Waals surface area contributed by atoms with Crippen LogP contribution in [0, 0.1) is 5.82 Å². The van der Waals surface area contributed by atoms with Gasteiger partial charge in [-0.3, -0.25) is 4.79 Å². The van der Waals surface area contributed by atoms with Crippen molar-refractivity contribution in [1.82, 2.24) is 15.2 Å². The first-order chi connectivity index (χ1) is 11.6. The van der Waals surface area contributed by atoms with Crippen LogP contribution in [0.25, 0.3) is 5.69 Å². The van der Waals surface area contributed by atoms with Crippen LogP contribution in [0.15, 0.2) is 70.5 Å². The molecule has 0 aliphatic rings. The molecule has 0 bridgehead atoms. The molecule has 0 fully saturated rings. The standard InChI is InChI=1S/C17H12BrFN4O/c18-14-3-7-16(8-4-14)23-11-13(10-21-23)17(24)22-20-9-12-1-5-15(19)6-2-12/h1-11H,(H,22,24)/b20-9-. The Balaban J connectivity index is 1.65. The van der Waals surface area contributed by atoms with E-state index >= 15 is 0 Å². The summed E-state index contributed by atoms with van der Waals surface area (Å²) < 4.78 is 15.4. The van der Waals surface area contributed by atoms with Crippen molar-refractivity contribution >= 4 is 28.1 Å². The lowest BCUT2D eigenvalue weighted by molar-refractivity contribution is 0.0955. The molecule has 0 radical (unpaired) electrons. The summed E-state index contributed by atoms with van der Waals surface area (Å²) in [5.41, 5.74) is 4.32. The minimum atomic E-state index is -0.378. The Kier molecular flexibility index (Phi) is 4.81. The minimum Gasteiger partial charge on any atom is -0.267 e. The van der Waals surface area contributed by atoms with Gasteiger partial charge in [-0.25, -0.2) is 14.5 Å². The molecule has 24 heavy (non-hydrogen) atoms. The maximum atomic E-state index is 12.8. The highest BCUT2D eigenvalue weighted by atomic mass is 79.9. The molecule has 1 heterocycles. The Morgan fingerprint density at radius 2 is 1.88 bits per heavy atom. The van der Waals surface area contributed by atoms with E-state index in [9.17, 15) is 9.18 Å². The van der Waals surface area contributed by atoms with Gasteiger partial charge >= 0.3 is 0 Å². The molecule has 0 spiro atoms. The van der Waals surface area contributed by atoms with Crippen LogP contribution in [0.1, 0.15) is 15.9 Å². The van der Waals surface area contributed by atoms with Crippen LogP contribution in [0.2, 0.25) is 0 Å². The molecule has 3 rings (SSSR count). The Bertz CT molecular complexity index is 872. The maximum absolute atomic E-state index is 12.8. The molecule has 1 N–H and O–H groups in total. The van der Waals surface area contributed by atoms with Crippen LogP contribution in [-0.4, -0.2) is 21.9 Å². The van der Waals surface area contributed by atoms with Crippen LogP contribution >= 0.6 is 15.9 Å². The van der Waals surface area contributed by atoms with E-state index < -0.39 is 0 Å². The lowest BCUT2D eigenvalue weighted by Gasteiger charge is -2.00. The number of hydrazone groups is 1. The quantitative estimate of drug-likeness (QED) is 0.550. The summed E-state index contributed by atoms with van der Waals surface area (Å²) in [5.74, 6) is -0.701. The van der Waals surface area contributed by atoms with E-state index in [2.05, 4.69) is 31.6 Å². The molecule has 1 amide bonds. The van der Waals surface area contributed by atoms with Crippen molar-refractivity contribution < 1.29 is 9.18 Å². The molecule has 0 atom stereocenters. The molecule has 0 saturated carbocycles. The van der Waals surface area contributed by atoms with Gasteiger partial charge in [-0.2, -0.15) is 10.2 Å². The normalized spacial score (nSPS) is 10.9. The third-order valence-corrected chi connectivity index (χ3v) is 3.71. The second-order valence-corrected chi connectivity index (χ2v) is 5.82. The number of aromatic nitrogens is 2. The lowest BCUT2D eigenvalue weighted by Crippen LogP contribution is -2.16. The van der Waals surface area contributed by atoms with E-state index in [-0.39, 0.29) is 11.7 Å². The van der Waals surface area contributed by atoms with Crippen molar-refractivity contribution in [3.63, 3.8) is 0 Å². The van der Waals surface area contributed by atoms with Crippen molar-refractivity contribution in [1.29, 1.82) is 0 Å². The summed E-state index contributed by atoms with van der Waals surface area (Å²) >= 11 is 3.37. The largest absolute Gasteiger partial charge is 0.274 e. The molecule has 0 aliphatic carbocycles. The van der Waals surface area contributed by atoms with E-state index in [1.165, 1.54) is 24.5 Å². The number of halogens is 2. The third kappa shape index (κ3) is 3.94. The highest BCUT2D eigenvalue weighted by Crippen LogP contribution is 2.14. The van der Waals surface area contributed by atoms with Crippen LogP contribution in [-0.2, 0) is 0 Å². The van der Waals surface area contributed by atoms with Gasteiger partial charge in [0.2, 0.25) is 0 Å². The lowest BCUT2D eigenvalue weighted by atomic mass is 10.2. The number of amides is 1. The molecule has 120 valence electrons. The van der Waals surface area contributed by atoms with Crippen LogP contribution in [0.4, 0.5) is 4.39 Å². The predicted molar refractivity (Wildman–Crippen MR) is 92.7 cm³/mol. The first kappa shape index (κ1) is 16.1. The summed E-state index contributed by atoms with van der Waals surface area (Å²) in [7, 11) is 0. The first-order valence-electron chi connectivity index (χ1n) is 7.01. The Morgan fingerprint density at radius 3 is 2.58 bits per heavy atom. The zero-order valence-corrected chi connectivity index (χ0v) is 13.9. The van der Waals surface area contributed by atoms with Crippen molar-refractivity contribution in [3.8, 4) is 5.69 Å². The van der Waals surface area contributed by atoms with Crippen LogP contribution < -0.4 is 5.43 Å². The van der Waals surface area contributed by atoms with Crippen molar-refractivity contribution in [2.24, 2.45) is 5.10 Å². The summed E-state index contributed by atoms with van der Waals surface area (Å²) in [4.78, 5) is 12.0. The molecular weight excluding hydrogens is 375 g/mol. The number of benzene rings is 2. The molecular formula is C17H12BrFN4O. The number of rotatable bonds is 4. The number of nitrogens with zero attached hydrogens (tertiary/aromatic N) is 3. The van der Waals surface area contributed by atoms with Gasteiger partial charge in [-0.15, -0.1) is 0 Å². The van der Waals surface area contributed by atoms with Gasteiger partial charge < -0.3 is 0 Å². The number of hydrogen-bond donors (Lipinski definition) is 1. The van der Waals surface area contributed by atoms with Gasteiger partial charge in [0.15, 0.2) is 0 Å². The van der Waals surface area contributed by atoms with Crippen molar-refractivity contribution in [2.45, 2.75) is 0 Å². The fourth-order valence-electron chi connectivity index (χ4n) is 1.95. The van der Waals surface area contributed by atoms with E-state index in [1.807, 2.05) is 24.3 Å². The first-order valence-corrected chi connectivity index (χ1v) is 7.81. The highest BCUT2D eigenvalue weighted by Gasteiger charge is 2.08. The van der Waals surface area contributed by atoms with Crippen LogP contribution in [0.3, 0.4) is 0 Å². The molecule has 0 aliphatic heterocycles. The number of carbonyl (C=O) groups excluding carboxylic acids is 1. The number of nitrogens with one attached hydrogen (secondary N) is 1. The Morgan fingerprint density at radius 1 is 1.17 bits per heavy atom. The summed E-state index contributed by atoms with van der Waals surface area (Å²) in [6.07, 6.45) is 4.52. The average Bonchev–Trinajstić information content (AvgIpc) is 3.07. The molecule has 0 unspecified atom stereocenters. The number of carbonyl (C=O) groups is 1. The summed E-state index contributed by atoms with van der Waals surface area (Å²) in [6, 6.07) is 13.3. The zero-order chi connectivity index (χ0) is 16.9. The second kappa shape index (κ2) is 7.18. The van der Waals surface area contributed by atoms with Gasteiger partial charge in [0.1, 0.15) is 5.82 Å². The molecule has 0 saturated heterocycles. The average molecular weight is 387 g/mol. The monoisotopic (exact) mass is 386 g/mol. The fraction of sp³-hybridized carbons (Fsp3) is 0. The second-order valence-electron chi connectivity index (χ2n) is 4.90. The maximum Gasteiger partial charge on any atom is 0.274 e.